The quantitative estimate of drug-likeness (QED) is 0.282. The normalized spacial score (nSPS) is 11.3. The van der Waals surface area contributed by atoms with Gasteiger partial charge in [0.2, 0.25) is 11.4 Å². The predicted octanol–water partition coefficient (Wildman–Crippen LogP) is 2.83. The van der Waals surface area contributed by atoms with Crippen LogP contribution in [0.5, 0.6) is 0 Å². The number of esters is 2. The molecule has 8 nitrogen and oxygen atoms in total. The summed E-state index contributed by atoms with van der Waals surface area (Å²) in [5, 5.41) is 9.75. The number of carbonyl (C=O) groups is 3. The van der Waals surface area contributed by atoms with Crippen molar-refractivity contribution in [3.8, 4) is 0 Å². The maximum Gasteiger partial charge on any atom is 0.343 e. The molecule has 1 N–H and O–H groups in total. The molecule has 0 atom stereocenters. The number of hydrogen-bond donors (Lipinski definition) is 1. The highest BCUT2D eigenvalue weighted by molar-refractivity contribution is 6.07. The molecule has 0 bridgehead atoms. The van der Waals surface area contributed by atoms with E-state index in [-0.39, 0.29) is 38.3 Å². The summed E-state index contributed by atoms with van der Waals surface area (Å²) in [5.74, 6) is -4.10. The van der Waals surface area contributed by atoms with Crippen molar-refractivity contribution in [1.82, 2.24) is 5.32 Å². The molecule has 154 valence electrons. The molecule has 28 heavy (non-hydrogen) atoms. The number of halogens is 2. The van der Waals surface area contributed by atoms with Gasteiger partial charge in [-0.25, -0.2) is 18.4 Å². The van der Waals surface area contributed by atoms with Crippen molar-refractivity contribution < 1.29 is 32.6 Å². The van der Waals surface area contributed by atoms with Gasteiger partial charge in [0.1, 0.15) is 11.5 Å². The second kappa shape index (κ2) is 11.1. The van der Waals surface area contributed by atoms with Crippen LogP contribution < -0.4 is 5.32 Å². The zero-order chi connectivity index (χ0) is 21.2. The molecule has 0 aliphatic carbocycles. The highest BCUT2D eigenvalue weighted by Crippen LogP contribution is 2.21. The van der Waals surface area contributed by atoms with Crippen molar-refractivity contribution in [3.63, 3.8) is 0 Å². The summed E-state index contributed by atoms with van der Waals surface area (Å²) in [6.45, 7) is 4.30. The number of azo groups is 1. The average Bonchev–Trinajstić information content (AvgIpc) is 2.62. The molecular weight excluding hydrogens is 376 g/mol. The third-order valence-electron chi connectivity index (χ3n) is 3.54. The van der Waals surface area contributed by atoms with Crippen LogP contribution in [0, 0.1) is 11.6 Å². The molecule has 0 radical (unpaired) electrons. The second-order valence-corrected chi connectivity index (χ2v) is 5.69. The SMILES string of the molecule is CCOC(=O)C(CCCN=Nc1ccc(F)cc1F)(NC(C)=O)C(=O)OCC. The van der Waals surface area contributed by atoms with Crippen molar-refractivity contribution in [1.29, 1.82) is 0 Å². The first kappa shape index (κ1) is 23.1. The largest absolute Gasteiger partial charge is 0.464 e. The minimum Gasteiger partial charge on any atom is -0.464 e. The van der Waals surface area contributed by atoms with Gasteiger partial charge in [-0.05, 0) is 38.8 Å². The minimum atomic E-state index is -2.01. The Morgan fingerprint density at radius 3 is 2.21 bits per heavy atom. The Kier molecular flexibility index (Phi) is 9.13. The molecule has 0 spiro atoms. The Balaban J connectivity index is 2.89. The summed E-state index contributed by atoms with van der Waals surface area (Å²) >= 11 is 0. The number of nitrogens with one attached hydrogen (secondary N) is 1. The lowest BCUT2D eigenvalue weighted by atomic mass is 9.93. The molecular formula is C18H23F2N3O5. The standard InChI is InChI=1S/C18H23F2N3O5/c1-4-27-16(25)18(22-12(3)24,17(26)28-5-2)9-6-10-21-23-15-8-7-13(19)11-14(15)20/h7-8,11H,4-6,9-10H2,1-3H3,(H,22,24). The Morgan fingerprint density at radius 1 is 1.11 bits per heavy atom. The molecule has 0 aliphatic rings. The van der Waals surface area contributed by atoms with E-state index in [0.29, 0.717) is 6.07 Å². The molecule has 0 fully saturated rings. The van der Waals surface area contributed by atoms with Crippen LogP contribution in [0.2, 0.25) is 0 Å². The van der Waals surface area contributed by atoms with Crippen molar-refractivity contribution in [2.75, 3.05) is 19.8 Å². The van der Waals surface area contributed by atoms with Crippen LogP contribution in [-0.2, 0) is 23.9 Å². The monoisotopic (exact) mass is 399 g/mol. The third kappa shape index (κ3) is 6.36. The van der Waals surface area contributed by atoms with E-state index in [9.17, 15) is 23.2 Å². The van der Waals surface area contributed by atoms with Crippen LogP contribution in [0.3, 0.4) is 0 Å². The van der Waals surface area contributed by atoms with Crippen molar-refractivity contribution in [3.05, 3.63) is 29.8 Å². The van der Waals surface area contributed by atoms with E-state index >= 15 is 0 Å². The Hall–Kier alpha value is -2.91. The number of hydrogen-bond acceptors (Lipinski definition) is 7. The van der Waals surface area contributed by atoms with Gasteiger partial charge < -0.3 is 14.8 Å². The first-order valence-corrected chi connectivity index (χ1v) is 8.72. The smallest absolute Gasteiger partial charge is 0.343 e. The van der Waals surface area contributed by atoms with E-state index in [4.69, 9.17) is 9.47 Å². The lowest BCUT2D eigenvalue weighted by Gasteiger charge is -2.29. The van der Waals surface area contributed by atoms with Crippen molar-refractivity contribution >= 4 is 23.5 Å². The summed E-state index contributed by atoms with van der Waals surface area (Å²) in [5.41, 5.74) is -2.15. The summed E-state index contributed by atoms with van der Waals surface area (Å²) < 4.78 is 36.2. The van der Waals surface area contributed by atoms with Gasteiger partial charge in [-0.2, -0.15) is 10.2 Å². The van der Waals surface area contributed by atoms with Gasteiger partial charge in [0, 0.05) is 13.0 Å². The minimum absolute atomic E-state index is 0.00310. The average molecular weight is 399 g/mol. The molecule has 1 rings (SSSR count). The molecule has 1 aromatic rings. The fourth-order valence-electron chi connectivity index (χ4n) is 2.36. The molecule has 10 heteroatoms. The summed E-state index contributed by atoms with van der Waals surface area (Å²) in [6, 6.07) is 2.85. The molecule has 0 aromatic heterocycles. The molecule has 0 saturated heterocycles. The molecule has 0 saturated carbocycles. The highest BCUT2D eigenvalue weighted by atomic mass is 19.1. The van der Waals surface area contributed by atoms with Crippen LogP contribution in [0.4, 0.5) is 14.5 Å². The van der Waals surface area contributed by atoms with Crippen LogP contribution in [0.1, 0.15) is 33.6 Å². The lowest BCUT2D eigenvalue weighted by Crippen LogP contribution is -2.61. The van der Waals surface area contributed by atoms with Gasteiger partial charge >= 0.3 is 11.9 Å². The fourth-order valence-corrected chi connectivity index (χ4v) is 2.36. The Bertz CT molecular complexity index is 722. The zero-order valence-electron chi connectivity index (χ0n) is 16.0. The maximum atomic E-state index is 13.5. The van der Waals surface area contributed by atoms with Crippen LogP contribution in [0.15, 0.2) is 28.4 Å². The first-order valence-electron chi connectivity index (χ1n) is 8.72. The first-order chi connectivity index (χ1) is 13.3. The molecule has 0 unspecified atom stereocenters. The number of benzene rings is 1. The number of nitrogens with zero attached hydrogens (tertiary/aromatic N) is 2. The third-order valence-corrected chi connectivity index (χ3v) is 3.54. The van der Waals surface area contributed by atoms with Gasteiger partial charge in [-0.3, -0.25) is 4.79 Å². The van der Waals surface area contributed by atoms with E-state index in [0.717, 1.165) is 19.1 Å². The molecule has 0 heterocycles. The van der Waals surface area contributed by atoms with Crippen molar-refractivity contribution in [2.24, 2.45) is 10.2 Å². The van der Waals surface area contributed by atoms with Gasteiger partial charge in [0.25, 0.3) is 0 Å². The number of ether oxygens (including phenoxy) is 2. The maximum absolute atomic E-state index is 13.5. The molecule has 1 amide bonds. The van der Waals surface area contributed by atoms with E-state index in [1.165, 1.54) is 0 Å². The highest BCUT2D eigenvalue weighted by Gasteiger charge is 2.49. The Morgan fingerprint density at radius 2 is 1.71 bits per heavy atom. The van der Waals surface area contributed by atoms with Crippen LogP contribution in [0.25, 0.3) is 0 Å². The van der Waals surface area contributed by atoms with Crippen LogP contribution in [-0.4, -0.2) is 43.1 Å². The predicted molar refractivity (Wildman–Crippen MR) is 94.8 cm³/mol. The van der Waals surface area contributed by atoms with Gasteiger partial charge in [-0.1, -0.05) is 0 Å². The van der Waals surface area contributed by atoms with E-state index in [2.05, 4.69) is 15.5 Å². The lowest BCUT2D eigenvalue weighted by molar-refractivity contribution is -0.168. The van der Waals surface area contributed by atoms with E-state index < -0.39 is 35.0 Å². The molecule has 0 aliphatic heterocycles. The number of carbonyl (C=O) groups excluding carboxylic acids is 3. The van der Waals surface area contributed by atoms with Gasteiger partial charge in [0.05, 0.1) is 19.8 Å². The zero-order valence-corrected chi connectivity index (χ0v) is 16.0. The van der Waals surface area contributed by atoms with Crippen molar-refractivity contribution in [2.45, 2.75) is 39.2 Å². The topological polar surface area (TPSA) is 106 Å². The van der Waals surface area contributed by atoms with Gasteiger partial charge in [0.15, 0.2) is 5.82 Å². The second-order valence-electron chi connectivity index (χ2n) is 5.69. The molecule has 1 aromatic carbocycles. The summed E-state index contributed by atoms with van der Waals surface area (Å²) in [6.07, 6.45) is -0.0284. The van der Waals surface area contributed by atoms with E-state index in [1.807, 2.05) is 0 Å². The van der Waals surface area contributed by atoms with Gasteiger partial charge in [-0.15, -0.1) is 0 Å². The van der Waals surface area contributed by atoms with Crippen LogP contribution >= 0.6 is 0 Å². The fraction of sp³-hybridized carbons (Fsp3) is 0.500. The Labute approximate surface area is 161 Å². The summed E-state index contributed by atoms with van der Waals surface area (Å²) in [4.78, 5) is 36.4. The number of rotatable bonds is 10. The summed E-state index contributed by atoms with van der Waals surface area (Å²) in [7, 11) is 0. The number of amides is 1. The van der Waals surface area contributed by atoms with E-state index in [1.54, 1.807) is 13.8 Å².